The summed E-state index contributed by atoms with van der Waals surface area (Å²) in [6.07, 6.45) is 6.00. The van der Waals surface area contributed by atoms with Crippen molar-refractivity contribution in [2.75, 3.05) is 0 Å². The minimum absolute atomic E-state index is 0.325. The number of aromatic nitrogens is 3. The number of hydrogen-bond donors (Lipinski definition) is 0. The SMILES string of the molecule is Clc1cncc(-c2ncco2)n1. The minimum Gasteiger partial charge on any atom is -0.443 e. The average molecular weight is 182 g/mol. The molecule has 0 aliphatic heterocycles. The molecule has 2 aromatic rings. The highest BCUT2D eigenvalue weighted by Gasteiger charge is 2.03. The van der Waals surface area contributed by atoms with E-state index in [1.165, 1.54) is 24.9 Å². The highest BCUT2D eigenvalue weighted by molar-refractivity contribution is 6.29. The highest BCUT2D eigenvalue weighted by atomic mass is 35.5. The quantitative estimate of drug-likeness (QED) is 0.673. The lowest BCUT2D eigenvalue weighted by molar-refractivity contribution is 0.571. The van der Waals surface area contributed by atoms with Crippen molar-refractivity contribution in [2.24, 2.45) is 0 Å². The minimum atomic E-state index is 0.325. The first kappa shape index (κ1) is 7.24. The second-order valence-corrected chi connectivity index (χ2v) is 2.45. The molecule has 0 aliphatic carbocycles. The van der Waals surface area contributed by atoms with E-state index in [0.29, 0.717) is 16.7 Å². The summed E-state index contributed by atoms with van der Waals surface area (Å²) in [6.45, 7) is 0. The second kappa shape index (κ2) is 2.91. The van der Waals surface area contributed by atoms with Crippen molar-refractivity contribution in [3.63, 3.8) is 0 Å². The fraction of sp³-hybridized carbons (Fsp3) is 0. The molecule has 0 saturated heterocycles. The molecule has 0 N–H and O–H groups in total. The Labute approximate surface area is 73.2 Å². The first-order chi connectivity index (χ1) is 5.86. The Balaban J connectivity index is 2.48. The van der Waals surface area contributed by atoms with E-state index >= 15 is 0 Å². The van der Waals surface area contributed by atoms with Gasteiger partial charge < -0.3 is 4.42 Å². The monoisotopic (exact) mass is 181 g/mol. The first-order valence-electron chi connectivity index (χ1n) is 3.23. The first-order valence-corrected chi connectivity index (χ1v) is 3.61. The summed E-state index contributed by atoms with van der Waals surface area (Å²) in [6, 6.07) is 0. The molecule has 4 nitrogen and oxygen atoms in total. The molecule has 0 spiro atoms. The molecule has 0 aliphatic rings. The fourth-order valence-corrected chi connectivity index (χ4v) is 0.943. The molecule has 0 saturated carbocycles. The molecule has 0 aromatic carbocycles. The van der Waals surface area contributed by atoms with Crippen LogP contribution in [0.5, 0.6) is 0 Å². The fourth-order valence-electron chi connectivity index (χ4n) is 0.795. The maximum absolute atomic E-state index is 5.62. The van der Waals surface area contributed by atoms with Crippen LogP contribution in [-0.4, -0.2) is 15.0 Å². The molecular formula is C7H4ClN3O. The lowest BCUT2D eigenvalue weighted by Crippen LogP contribution is -1.85. The summed E-state index contributed by atoms with van der Waals surface area (Å²) in [7, 11) is 0. The third kappa shape index (κ3) is 1.29. The van der Waals surface area contributed by atoms with Crippen LogP contribution in [0.1, 0.15) is 0 Å². The van der Waals surface area contributed by atoms with E-state index in [2.05, 4.69) is 15.0 Å². The zero-order valence-electron chi connectivity index (χ0n) is 5.94. The summed E-state index contributed by atoms with van der Waals surface area (Å²) in [5.41, 5.74) is 0.535. The molecule has 0 bridgehead atoms. The van der Waals surface area contributed by atoms with E-state index in [9.17, 15) is 0 Å². The van der Waals surface area contributed by atoms with Crippen LogP contribution in [0.2, 0.25) is 5.15 Å². The molecule has 0 unspecified atom stereocenters. The topological polar surface area (TPSA) is 51.8 Å². The molecule has 5 heteroatoms. The van der Waals surface area contributed by atoms with Crippen molar-refractivity contribution in [2.45, 2.75) is 0 Å². The van der Waals surface area contributed by atoms with Crippen molar-refractivity contribution in [1.82, 2.24) is 15.0 Å². The van der Waals surface area contributed by atoms with Crippen LogP contribution < -0.4 is 0 Å². The smallest absolute Gasteiger partial charge is 0.246 e. The van der Waals surface area contributed by atoms with E-state index in [1.54, 1.807) is 0 Å². The Morgan fingerprint density at radius 3 is 2.92 bits per heavy atom. The normalized spacial score (nSPS) is 10.1. The number of halogens is 1. The number of nitrogens with zero attached hydrogens (tertiary/aromatic N) is 3. The maximum atomic E-state index is 5.62. The van der Waals surface area contributed by atoms with Crippen LogP contribution in [-0.2, 0) is 0 Å². The molecule has 12 heavy (non-hydrogen) atoms. The third-order valence-electron chi connectivity index (χ3n) is 1.26. The van der Waals surface area contributed by atoms with Gasteiger partial charge in [0.15, 0.2) is 0 Å². The number of hydrogen-bond acceptors (Lipinski definition) is 4. The predicted molar refractivity (Wildman–Crippen MR) is 42.5 cm³/mol. The van der Waals surface area contributed by atoms with Gasteiger partial charge in [0.25, 0.3) is 0 Å². The third-order valence-corrected chi connectivity index (χ3v) is 1.44. The molecular weight excluding hydrogens is 178 g/mol. The van der Waals surface area contributed by atoms with Crippen molar-refractivity contribution < 1.29 is 4.42 Å². The molecule has 0 atom stereocenters. The Morgan fingerprint density at radius 1 is 1.33 bits per heavy atom. The van der Waals surface area contributed by atoms with Crippen LogP contribution in [0.3, 0.4) is 0 Å². The van der Waals surface area contributed by atoms with E-state index in [-0.39, 0.29) is 0 Å². The van der Waals surface area contributed by atoms with Crippen LogP contribution in [0.4, 0.5) is 0 Å². The molecule has 2 rings (SSSR count). The summed E-state index contributed by atoms with van der Waals surface area (Å²) >= 11 is 5.62. The molecule has 2 aromatic heterocycles. The molecule has 60 valence electrons. The van der Waals surface area contributed by atoms with Gasteiger partial charge in [0.2, 0.25) is 5.89 Å². The van der Waals surface area contributed by atoms with Crippen LogP contribution in [0.25, 0.3) is 11.6 Å². The summed E-state index contributed by atoms with van der Waals surface area (Å²) in [5, 5.41) is 0.325. The summed E-state index contributed by atoms with van der Waals surface area (Å²) in [4.78, 5) is 11.7. The van der Waals surface area contributed by atoms with Gasteiger partial charge in [-0.15, -0.1) is 0 Å². The van der Waals surface area contributed by atoms with Crippen molar-refractivity contribution in [3.05, 3.63) is 30.0 Å². The average Bonchev–Trinajstić information content (AvgIpc) is 2.56. The van der Waals surface area contributed by atoms with E-state index < -0.39 is 0 Å². The lowest BCUT2D eigenvalue weighted by Gasteiger charge is -1.92. The highest BCUT2D eigenvalue weighted by Crippen LogP contribution is 2.14. The Kier molecular flexibility index (Phi) is 1.75. The van der Waals surface area contributed by atoms with Crippen molar-refractivity contribution in [3.8, 4) is 11.6 Å². The van der Waals surface area contributed by atoms with E-state index in [1.807, 2.05) is 0 Å². The van der Waals surface area contributed by atoms with Crippen molar-refractivity contribution >= 4 is 11.6 Å². The summed E-state index contributed by atoms with van der Waals surface area (Å²) in [5.74, 6) is 0.421. The standard InChI is InChI=1S/C7H4ClN3O/c8-6-4-9-3-5(11-6)7-10-1-2-12-7/h1-4H. The molecule has 0 fully saturated rings. The van der Waals surface area contributed by atoms with Gasteiger partial charge in [0.05, 0.1) is 18.6 Å². The van der Waals surface area contributed by atoms with E-state index in [0.717, 1.165) is 0 Å². The Morgan fingerprint density at radius 2 is 2.25 bits per heavy atom. The van der Waals surface area contributed by atoms with Gasteiger partial charge in [0, 0.05) is 0 Å². The second-order valence-electron chi connectivity index (χ2n) is 2.06. The Hall–Kier alpha value is -1.42. The van der Waals surface area contributed by atoms with Gasteiger partial charge in [-0.1, -0.05) is 11.6 Å². The molecule has 0 radical (unpaired) electrons. The van der Waals surface area contributed by atoms with Gasteiger partial charge in [-0.05, 0) is 0 Å². The zero-order chi connectivity index (χ0) is 8.39. The predicted octanol–water partition coefficient (Wildman–Crippen LogP) is 1.78. The van der Waals surface area contributed by atoms with Gasteiger partial charge >= 0.3 is 0 Å². The van der Waals surface area contributed by atoms with Crippen LogP contribution in [0, 0.1) is 0 Å². The van der Waals surface area contributed by atoms with Crippen LogP contribution >= 0.6 is 11.6 Å². The largest absolute Gasteiger partial charge is 0.443 e. The van der Waals surface area contributed by atoms with Gasteiger partial charge in [-0.25, -0.2) is 9.97 Å². The van der Waals surface area contributed by atoms with Gasteiger partial charge in [-0.3, -0.25) is 4.98 Å². The van der Waals surface area contributed by atoms with Gasteiger partial charge in [0.1, 0.15) is 17.1 Å². The van der Waals surface area contributed by atoms with Crippen molar-refractivity contribution in [1.29, 1.82) is 0 Å². The maximum Gasteiger partial charge on any atom is 0.246 e. The van der Waals surface area contributed by atoms with E-state index in [4.69, 9.17) is 16.0 Å². The zero-order valence-corrected chi connectivity index (χ0v) is 6.69. The van der Waals surface area contributed by atoms with Gasteiger partial charge in [-0.2, -0.15) is 0 Å². The number of oxazole rings is 1. The lowest BCUT2D eigenvalue weighted by atomic mass is 10.4. The molecule has 2 heterocycles. The van der Waals surface area contributed by atoms with Crippen LogP contribution in [0.15, 0.2) is 29.3 Å². The number of rotatable bonds is 1. The summed E-state index contributed by atoms with van der Waals surface area (Å²) < 4.78 is 5.00. The Bertz CT molecular complexity index is 374. The molecule has 0 amide bonds.